The van der Waals surface area contributed by atoms with Gasteiger partial charge in [-0.25, -0.2) is 9.78 Å². The summed E-state index contributed by atoms with van der Waals surface area (Å²) in [6.07, 6.45) is -4.58. The molecule has 0 N–H and O–H groups in total. The van der Waals surface area contributed by atoms with Gasteiger partial charge in [0, 0.05) is 0 Å². The zero-order valence-corrected chi connectivity index (χ0v) is 11.2. The SMILES string of the molecule is CCOC(=O)c1nc(C(F)(F)F)sc1-c1ccccc1. The number of hydrogen-bond acceptors (Lipinski definition) is 4. The lowest BCUT2D eigenvalue weighted by molar-refractivity contribution is -0.137. The maximum atomic E-state index is 12.7. The highest BCUT2D eigenvalue weighted by molar-refractivity contribution is 7.15. The van der Waals surface area contributed by atoms with E-state index in [2.05, 4.69) is 4.98 Å². The average Bonchev–Trinajstić information content (AvgIpc) is 2.85. The Morgan fingerprint density at radius 3 is 2.50 bits per heavy atom. The van der Waals surface area contributed by atoms with E-state index in [4.69, 9.17) is 4.74 Å². The van der Waals surface area contributed by atoms with Crippen molar-refractivity contribution in [1.82, 2.24) is 4.98 Å². The molecule has 0 unspecified atom stereocenters. The van der Waals surface area contributed by atoms with Crippen LogP contribution in [0.15, 0.2) is 30.3 Å². The Labute approximate surface area is 117 Å². The summed E-state index contributed by atoms with van der Waals surface area (Å²) in [5, 5.41) is -1.06. The van der Waals surface area contributed by atoms with Gasteiger partial charge in [-0.2, -0.15) is 13.2 Å². The second kappa shape index (κ2) is 5.62. The Kier molecular flexibility index (Phi) is 4.08. The Morgan fingerprint density at radius 1 is 1.30 bits per heavy atom. The van der Waals surface area contributed by atoms with Crippen LogP contribution in [0.5, 0.6) is 0 Å². The molecule has 0 aliphatic carbocycles. The zero-order valence-electron chi connectivity index (χ0n) is 10.4. The van der Waals surface area contributed by atoms with Gasteiger partial charge < -0.3 is 4.74 Å². The molecule has 2 rings (SSSR count). The minimum Gasteiger partial charge on any atom is -0.461 e. The lowest BCUT2D eigenvalue weighted by Crippen LogP contribution is -2.09. The van der Waals surface area contributed by atoms with Crippen molar-refractivity contribution in [2.24, 2.45) is 0 Å². The number of esters is 1. The number of rotatable bonds is 3. The molecule has 106 valence electrons. The highest BCUT2D eigenvalue weighted by Gasteiger charge is 2.37. The summed E-state index contributed by atoms with van der Waals surface area (Å²) in [7, 11) is 0. The molecule has 1 aromatic heterocycles. The first-order chi connectivity index (χ1) is 9.43. The molecule has 0 atom stereocenters. The van der Waals surface area contributed by atoms with Crippen LogP contribution in [0.3, 0.4) is 0 Å². The molecule has 0 radical (unpaired) electrons. The minimum absolute atomic E-state index is 0.0753. The average molecular weight is 301 g/mol. The van der Waals surface area contributed by atoms with Gasteiger partial charge in [-0.3, -0.25) is 0 Å². The molecule has 7 heteroatoms. The number of alkyl halides is 3. The Bertz CT molecular complexity index is 608. The predicted octanol–water partition coefficient (Wildman–Crippen LogP) is 4.01. The molecule has 1 heterocycles. The van der Waals surface area contributed by atoms with Crippen molar-refractivity contribution >= 4 is 17.3 Å². The third-order valence-corrected chi connectivity index (χ3v) is 3.52. The fourth-order valence-corrected chi connectivity index (χ4v) is 2.49. The molecule has 0 saturated heterocycles. The van der Waals surface area contributed by atoms with Gasteiger partial charge in [0.25, 0.3) is 0 Å². The lowest BCUT2D eigenvalue weighted by Gasteiger charge is -2.01. The van der Waals surface area contributed by atoms with E-state index in [0.717, 1.165) is 0 Å². The molecule has 0 spiro atoms. The summed E-state index contributed by atoms with van der Waals surface area (Å²) < 4.78 is 43.0. The van der Waals surface area contributed by atoms with Gasteiger partial charge in [0.2, 0.25) is 0 Å². The second-order valence-electron chi connectivity index (χ2n) is 3.78. The largest absolute Gasteiger partial charge is 0.461 e. The van der Waals surface area contributed by atoms with E-state index in [0.29, 0.717) is 16.9 Å². The summed E-state index contributed by atoms with van der Waals surface area (Å²) in [5.41, 5.74) is 0.207. The van der Waals surface area contributed by atoms with Crippen LogP contribution in [0.1, 0.15) is 22.4 Å². The van der Waals surface area contributed by atoms with Crippen LogP contribution in [0, 0.1) is 0 Å². The normalized spacial score (nSPS) is 11.4. The number of aromatic nitrogens is 1. The van der Waals surface area contributed by atoms with Crippen molar-refractivity contribution in [2.75, 3.05) is 6.61 Å². The van der Waals surface area contributed by atoms with Crippen LogP contribution in [-0.4, -0.2) is 17.6 Å². The number of benzene rings is 1. The van der Waals surface area contributed by atoms with E-state index in [1.165, 1.54) is 0 Å². The summed E-state index contributed by atoms with van der Waals surface area (Å²) in [6, 6.07) is 8.33. The number of ether oxygens (including phenoxy) is 1. The molecule has 2 aromatic rings. The summed E-state index contributed by atoms with van der Waals surface area (Å²) in [4.78, 5) is 15.3. The van der Waals surface area contributed by atoms with Gasteiger partial charge in [0.1, 0.15) is 0 Å². The van der Waals surface area contributed by atoms with Gasteiger partial charge >= 0.3 is 12.1 Å². The topological polar surface area (TPSA) is 39.2 Å². The van der Waals surface area contributed by atoms with E-state index >= 15 is 0 Å². The highest BCUT2D eigenvalue weighted by Crippen LogP contribution is 2.38. The third kappa shape index (κ3) is 2.98. The van der Waals surface area contributed by atoms with E-state index < -0.39 is 17.2 Å². The molecule has 0 bridgehead atoms. The van der Waals surface area contributed by atoms with Crippen molar-refractivity contribution in [3.05, 3.63) is 41.0 Å². The van der Waals surface area contributed by atoms with E-state index in [1.54, 1.807) is 37.3 Å². The van der Waals surface area contributed by atoms with Crippen molar-refractivity contribution in [3.8, 4) is 10.4 Å². The molecule has 1 aromatic carbocycles. The first-order valence-electron chi connectivity index (χ1n) is 5.74. The number of halogens is 3. The molecule has 0 aliphatic heterocycles. The monoisotopic (exact) mass is 301 g/mol. The lowest BCUT2D eigenvalue weighted by atomic mass is 10.1. The first kappa shape index (κ1) is 14.5. The van der Waals surface area contributed by atoms with Crippen molar-refractivity contribution in [1.29, 1.82) is 0 Å². The van der Waals surface area contributed by atoms with E-state index in [1.807, 2.05) is 0 Å². The molecule has 20 heavy (non-hydrogen) atoms. The maximum Gasteiger partial charge on any atom is 0.443 e. The van der Waals surface area contributed by atoms with Crippen molar-refractivity contribution in [3.63, 3.8) is 0 Å². The van der Waals surface area contributed by atoms with Crippen LogP contribution < -0.4 is 0 Å². The van der Waals surface area contributed by atoms with Crippen molar-refractivity contribution < 1.29 is 22.7 Å². The molecule has 0 amide bonds. The molecular weight excluding hydrogens is 291 g/mol. The van der Waals surface area contributed by atoms with E-state index in [-0.39, 0.29) is 17.2 Å². The number of thiazole rings is 1. The first-order valence-corrected chi connectivity index (χ1v) is 6.55. The van der Waals surface area contributed by atoms with E-state index in [9.17, 15) is 18.0 Å². The van der Waals surface area contributed by atoms with Crippen LogP contribution >= 0.6 is 11.3 Å². The number of carbonyl (C=O) groups is 1. The molecular formula is C13H10F3NO2S. The Morgan fingerprint density at radius 2 is 1.95 bits per heavy atom. The second-order valence-corrected chi connectivity index (χ2v) is 4.78. The molecule has 0 saturated carbocycles. The summed E-state index contributed by atoms with van der Waals surface area (Å²) in [5.74, 6) is -0.849. The third-order valence-electron chi connectivity index (χ3n) is 2.37. The summed E-state index contributed by atoms with van der Waals surface area (Å²) in [6.45, 7) is 1.66. The quantitative estimate of drug-likeness (QED) is 0.804. The molecule has 0 aliphatic rings. The van der Waals surface area contributed by atoms with Crippen LogP contribution in [0.4, 0.5) is 13.2 Å². The fourth-order valence-electron chi connectivity index (χ4n) is 1.56. The van der Waals surface area contributed by atoms with Gasteiger partial charge in [0.05, 0.1) is 11.5 Å². The Balaban J connectivity index is 2.54. The number of hydrogen-bond donors (Lipinski definition) is 0. The highest BCUT2D eigenvalue weighted by atomic mass is 32.1. The smallest absolute Gasteiger partial charge is 0.443 e. The predicted molar refractivity (Wildman–Crippen MR) is 68.5 cm³/mol. The molecule has 3 nitrogen and oxygen atoms in total. The zero-order chi connectivity index (χ0) is 14.8. The standard InChI is InChI=1S/C13H10F3NO2S/c1-2-19-11(18)9-10(8-6-4-3-5-7-8)20-12(17-9)13(14,15)16/h3-7H,2H2,1H3. The van der Waals surface area contributed by atoms with Gasteiger partial charge in [-0.05, 0) is 12.5 Å². The van der Waals surface area contributed by atoms with Gasteiger partial charge in [-0.1, -0.05) is 30.3 Å². The van der Waals surface area contributed by atoms with Crippen molar-refractivity contribution in [2.45, 2.75) is 13.1 Å². The summed E-state index contributed by atoms with van der Waals surface area (Å²) >= 11 is 0.437. The Hall–Kier alpha value is -1.89. The van der Waals surface area contributed by atoms with Crippen LogP contribution in [0.25, 0.3) is 10.4 Å². The minimum atomic E-state index is -4.58. The maximum absolute atomic E-state index is 12.7. The van der Waals surface area contributed by atoms with Gasteiger partial charge in [0.15, 0.2) is 10.7 Å². The fraction of sp³-hybridized carbons (Fsp3) is 0.231. The number of nitrogens with zero attached hydrogens (tertiary/aromatic N) is 1. The van der Waals surface area contributed by atoms with Crippen LogP contribution in [0.2, 0.25) is 0 Å². The van der Waals surface area contributed by atoms with Gasteiger partial charge in [-0.15, -0.1) is 11.3 Å². The number of carbonyl (C=O) groups excluding carboxylic acids is 1. The molecule has 0 fully saturated rings. The van der Waals surface area contributed by atoms with Crippen LogP contribution in [-0.2, 0) is 10.9 Å².